The topological polar surface area (TPSA) is 50.9 Å². The van der Waals surface area contributed by atoms with Gasteiger partial charge in [0.2, 0.25) is 0 Å². The normalized spacial score (nSPS) is 11.6. The maximum absolute atomic E-state index is 5.82. The average molecular weight is 179 g/mol. The van der Waals surface area contributed by atoms with Crippen molar-refractivity contribution < 1.29 is 0 Å². The van der Waals surface area contributed by atoms with Gasteiger partial charge < -0.3 is 11.1 Å². The van der Waals surface area contributed by atoms with E-state index in [1.807, 2.05) is 26.0 Å². The second kappa shape index (κ2) is 4.35. The van der Waals surface area contributed by atoms with Gasteiger partial charge in [0.1, 0.15) is 0 Å². The number of hydrogen-bond donors (Lipinski definition) is 2. The summed E-state index contributed by atoms with van der Waals surface area (Å²) in [4.78, 5) is 3.95. The number of nitrogens with two attached hydrogens (primary N) is 1. The van der Waals surface area contributed by atoms with Gasteiger partial charge in [0.15, 0.2) is 0 Å². The van der Waals surface area contributed by atoms with Gasteiger partial charge >= 0.3 is 0 Å². The number of rotatable bonds is 4. The second-order valence-corrected chi connectivity index (χ2v) is 3.95. The number of aromatic nitrogens is 1. The van der Waals surface area contributed by atoms with E-state index in [-0.39, 0.29) is 5.54 Å². The zero-order chi connectivity index (χ0) is 9.73. The molecule has 0 saturated carbocycles. The Morgan fingerprint density at radius 2 is 2.00 bits per heavy atom. The van der Waals surface area contributed by atoms with Crippen molar-refractivity contribution >= 4 is 0 Å². The molecule has 13 heavy (non-hydrogen) atoms. The first-order valence-electron chi connectivity index (χ1n) is 4.46. The van der Waals surface area contributed by atoms with Crippen LogP contribution >= 0.6 is 0 Å². The Bertz CT molecular complexity index is 238. The van der Waals surface area contributed by atoms with E-state index in [4.69, 9.17) is 5.73 Å². The summed E-state index contributed by atoms with van der Waals surface area (Å²) < 4.78 is 0. The molecule has 3 nitrogen and oxygen atoms in total. The van der Waals surface area contributed by atoms with Crippen molar-refractivity contribution in [2.45, 2.75) is 25.9 Å². The van der Waals surface area contributed by atoms with Crippen molar-refractivity contribution in [3.63, 3.8) is 0 Å². The molecule has 0 radical (unpaired) electrons. The summed E-state index contributed by atoms with van der Waals surface area (Å²) in [6, 6.07) is 3.99. The van der Waals surface area contributed by atoms with Gasteiger partial charge in [0.05, 0.1) is 0 Å². The molecular formula is C10H17N3. The Kier molecular flexibility index (Phi) is 3.39. The molecule has 0 saturated heterocycles. The van der Waals surface area contributed by atoms with Crippen molar-refractivity contribution in [2.24, 2.45) is 5.73 Å². The lowest BCUT2D eigenvalue weighted by Gasteiger charge is -2.18. The molecule has 1 aromatic rings. The summed E-state index contributed by atoms with van der Waals surface area (Å²) in [6.07, 6.45) is 3.59. The van der Waals surface area contributed by atoms with E-state index in [1.54, 1.807) is 12.4 Å². The van der Waals surface area contributed by atoms with Gasteiger partial charge in [-0.1, -0.05) is 0 Å². The van der Waals surface area contributed by atoms with Crippen LogP contribution in [0.3, 0.4) is 0 Å². The lowest BCUT2D eigenvalue weighted by molar-refractivity contribution is 0.466. The molecule has 0 atom stereocenters. The molecular weight excluding hydrogens is 162 g/mol. The maximum atomic E-state index is 5.82. The Morgan fingerprint density at radius 1 is 1.38 bits per heavy atom. The Morgan fingerprint density at radius 3 is 2.54 bits per heavy atom. The Hall–Kier alpha value is -0.930. The quantitative estimate of drug-likeness (QED) is 0.722. The smallest absolute Gasteiger partial charge is 0.0271 e. The Labute approximate surface area is 79.4 Å². The minimum Gasteiger partial charge on any atom is -0.324 e. The predicted octanol–water partition coefficient (Wildman–Crippen LogP) is 0.908. The number of hydrogen-bond acceptors (Lipinski definition) is 3. The van der Waals surface area contributed by atoms with E-state index < -0.39 is 0 Å². The molecule has 3 heteroatoms. The van der Waals surface area contributed by atoms with E-state index in [0.29, 0.717) is 0 Å². The van der Waals surface area contributed by atoms with E-state index in [9.17, 15) is 0 Å². The minimum absolute atomic E-state index is 0.146. The largest absolute Gasteiger partial charge is 0.324 e. The van der Waals surface area contributed by atoms with Crippen molar-refractivity contribution in [3.8, 4) is 0 Å². The average Bonchev–Trinajstić information content (AvgIpc) is 2.04. The Balaban J connectivity index is 2.29. The maximum Gasteiger partial charge on any atom is 0.0271 e. The fourth-order valence-electron chi connectivity index (χ4n) is 1.03. The first-order chi connectivity index (χ1) is 6.08. The molecule has 0 fully saturated rings. The highest BCUT2D eigenvalue weighted by atomic mass is 14.9. The third-order valence-electron chi connectivity index (χ3n) is 1.66. The van der Waals surface area contributed by atoms with Crippen LogP contribution in [0.15, 0.2) is 24.5 Å². The van der Waals surface area contributed by atoms with Crippen LogP contribution in [0.1, 0.15) is 19.4 Å². The third-order valence-corrected chi connectivity index (χ3v) is 1.66. The van der Waals surface area contributed by atoms with Gasteiger partial charge in [-0.15, -0.1) is 0 Å². The molecule has 0 aromatic carbocycles. The van der Waals surface area contributed by atoms with Crippen molar-refractivity contribution in [3.05, 3.63) is 30.1 Å². The van der Waals surface area contributed by atoms with Crippen LogP contribution in [-0.2, 0) is 6.54 Å². The van der Waals surface area contributed by atoms with Crippen LogP contribution in [0.25, 0.3) is 0 Å². The highest BCUT2D eigenvalue weighted by Gasteiger charge is 2.08. The predicted molar refractivity (Wildman–Crippen MR) is 54.2 cm³/mol. The van der Waals surface area contributed by atoms with E-state index in [0.717, 1.165) is 13.1 Å². The molecule has 1 heterocycles. The monoisotopic (exact) mass is 179 g/mol. The first-order valence-corrected chi connectivity index (χ1v) is 4.46. The summed E-state index contributed by atoms with van der Waals surface area (Å²) in [5.74, 6) is 0. The van der Waals surface area contributed by atoms with Gasteiger partial charge in [-0.2, -0.15) is 0 Å². The lowest BCUT2D eigenvalue weighted by atomic mass is 10.1. The lowest BCUT2D eigenvalue weighted by Crippen LogP contribution is -2.42. The van der Waals surface area contributed by atoms with Gasteiger partial charge in [-0.05, 0) is 31.5 Å². The number of pyridine rings is 1. The molecule has 0 bridgehead atoms. The summed E-state index contributed by atoms with van der Waals surface area (Å²) in [6.45, 7) is 5.68. The van der Waals surface area contributed by atoms with E-state index >= 15 is 0 Å². The highest BCUT2D eigenvalue weighted by molar-refractivity contribution is 5.09. The SMILES string of the molecule is CC(C)(N)CNCc1ccncc1. The molecule has 0 aliphatic heterocycles. The standard InChI is InChI=1S/C10H17N3/c1-10(2,11)8-13-7-9-3-5-12-6-4-9/h3-6,13H,7-8,11H2,1-2H3. The minimum atomic E-state index is -0.146. The fraction of sp³-hybridized carbons (Fsp3) is 0.500. The van der Waals surface area contributed by atoms with E-state index in [1.165, 1.54) is 5.56 Å². The summed E-state index contributed by atoms with van der Waals surface area (Å²) in [5.41, 5.74) is 6.91. The molecule has 1 rings (SSSR count). The molecule has 0 aliphatic carbocycles. The van der Waals surface area contributed by atoms with Crippen LogP contribution < -0.4 is 11.1 Å². The van der Waals surface area contributed by atoms with Crippen molar-refractivity contribution in [1.82, 2.24) is 10.3 Å². The summed E-state index contributed by atoms with van der Waals surface area (Å²) in [7, 11) is 0. The van der Waals surface area contributed by atoms with Gasteiger partial charge in [0, 0.05) is 31.0 Å². The molecule has 3 N–H and O–H groups in total. The van der Waals surface area contributed by atoms with Crippen molar-refractivity contribution in [1.29, 1.82) is 0 Å². The first kappa shape index (κ1) is 10.2. The van der Waals surface area contributed by atoms with Gasteiger partial charge in [0.25, 0.3) is 0 Å². The summed E-state index contributed by atoms with van der Waals surface area (Å²) in [5, 5.41) is 3.29. The number of nitrogens with zero attached hydrogens (tertiary/aromatic N) is 1. The van der Waals surface area contributed by atoms with Gasteiger partial charge in [-0.25, -0.2) is 0 Å². The molecule has 0 unspecified atom stereocenters. The molecule has 0 spiro atoms. The van der Waals surface area contributed by atoms with Crippen LogP contribution in [0.2, 0.25) is 0 Å². The van der Waals surface area contributed by atoms with Crippen LogP contribution in [0, 0.1) is 0 Å². The molecule has 0 aliphatic rings. The fourth-order valence-corrected chi connectivity index (χ4v) is 1.03. The second-order valence-electron chi connectivity index (χ2n) is 3.95. The van der Waals surface area contributed by atoms with Crippen molar-refractivity contribution in [2.75, 3.05) is 6.54 Å². The zero-order valence-electron chi connectivity index (χ0n) is 8.25. The van der Waals surface area contributed by atoms with Crippen LogP contribution in [0.4, 0.5) is 0 Å². The van der Waals surface area contributed by atoms with Gasteiger partial charge in [-0.3, -0.25) is 4.98 Å². The zero-order valence-corrected chi connectivity index (χ0v) is 8.25. The number of nitrogens with one attached hydrogen (secondary N) is 1. The highest BCUT2D eigenvalue weighted by Crippen LogP contribution is 1.97. The van der Waals surface area contributed by atoms with Crippen LogP contribution in [0.5, 0.6) is 0 Å². The molecule has 72 valence electrons. The van der Waals surface area contributed by atoms with Crippen LogP contribution in [-0.4, -0.2) is 17.1 Å². The summed E-state index contributed by atoms with van der Waals surface area (Å²) >= 11 is 0. The third kappa shape index (κ3) is 4.60. The molecule has 0 amide bonds. The molecule has 1 aromatic heterocycles. The van der Waals surface area contributed by atoms with E-state index in [2.05, 4.69) is 10.3 Å².